The molecule has 476 valence electrons. The molecule has 9 amide bonds. The van der Waals surface area contributed by atoms with Crippen molar-refractivity contribution in [1.82, 2.24) is 51.7 Å². The molecule has 0 spiro atoms. The second-order valence-electron chi connectivity index (χ2n) is 21.5. The number of anilines is 2. The number of urea groups is 3. The quantitative estimate of drug-likeness (QED) is 0.0281. The first-order valence-corrected chi connectivity index (χ1v) is 27.8. The maximum Gasteiger partial charge on any atom is 0.332 e. The minimum atomic E-state index is -2.05. The van der Waals surface area contributed by atoms with Crippen LogP contribution in [-0.2, 0) is 38.1 Å². The first kappa shape index (κ1) is 66.1. The number of methoxy groups -OCH3 is 3. The third-order valence-electron chi connectivity index (χ3n) is 15.0. The van der Waals surface area contributed by atoms with Crippen LogP contribution in [0.5, 0.6) is 11.5 Å². The fourth-order valence-corrected chi connectivity index (χ4v) is 10.3. The number of nitrogens with zero attached hydrogens (tertiary/aromatic N) is 3. The maximum absolute atomic E-state index is 15.2. The van der Waals surface area contributed by atoms with E-state index in [9.17, 15) is 63.9 Å². The molecule has 4 aliphatic heterocycles. The summed E-state index contributed by atoms with van der Waals surface area (Å²) >= 11 is 0. The Bertz CT molecular complexity index is 3060. The number of benzene rings is 2. The topological polar surface area (TPSA) is 457 Å². The summed E-state index contributed by atoms with van der Waals surface area (Å²) in [7, 11) is 4.07. The highest BCUT2D eigenvalue weighted by Crippen LogP contribution is 2.39. The Balaban J connectivity index is 1.17. The molecular weight excluding hydrogens is 1150 g/mol. The number of imide groups is 1. The van der Waals surface area contributed by atoms with E-state index in [0.29, 0.717) is 17.2 Å². The number of ether oxygens (including phenoxy) is 6. The van der Waals surface area contributed by atoms with E-state index in [1.165, 1.54) is 45.6 Å². The molecule has 3 aromatic rings. The summed E-state index contributed by atoms with van der Waals surface area (Å²) in [6, 6.07) is 2.89. The van der Waals surface area contributed by atoms with Crippen LogP contribution >= 0.6 is 0 Å². The third-order valence-corrected chi connectivity index (χ3v) is 15.0. The van der Waals surface area contributed by atoms with Gasteiger partial charge in [-0.2, -0.15) is 0 Å². The molecule has 0 bridgehead atoms. The fraction of sp³-hybridized carbons (Fsp3) is 0.556. The summed E-state index contributed by atoms with van der Waals surface area (Å²) in [5, 5.41) is 85.0. The highest BCUT2D eigenvalue weighted by molar-refractivity contribution is 6.21. The van der Waals surface area contributed by atoms with Crippen LogP contribution in [0.4, 0.5) is 25.8 Å². The number of guanidine groups is 1. The van der Waals surface area contributed by atoms with Crippen LogP contribution in [0.25, 0.3) is 0 Å². The number of carboxylic acid groups (broad SMARTS) is 1. The van der Waals surface area contributed by atoms with E-state index in [2.05, 4.69) is 42.5 Å². The van der Waals surface area contributed by atoms with Gasteiger partial charge in [-0.1, -0.05) is 27.7 Å². The summed E-state index contributed by atoms with van der Waals surface area (Å²) in [5.41, 5.74) is -1.46. The zero-order valence-electron chi connectivity index (χ0n) is 48.5. The average Bonchev–Trinajstić information content (AvgIpc) is 1.90. The number of aliphatic hydroxyl groups excluding tert-OH is 4. The Morgan fingerprint density at radius 1 is 0.793 bits per heavy atom. The summed E-state index contributed by atoms with van der Waals surface area (Å²) in [5.74, 6) is -4.84. The fourth-order valence-electron chi connectivity index (χ4n) is 10.3. The largest absolute Gasteiger partial charge is 0.497 e. The number of carbonyl (C=O) groups excluding carboxylic acids is 6. The van der Waals surface area contributed by atoms with Gasteiger partial charge < -0.3 is 101 Å². The molecule has 5 heterocycles. The van der Waals surface area contributed by atoms with Gasteiger partial charge in [-0.3, -0.25) is 34.1 Å². The lowest BCUT2D eigenvalue weighted by Gasteiger charge is -2.36. The first-order chi connectivity index (χ1) is 41.4. The van der Waals surface area contributed by atoms with Gasteiger partial charge in [-0.05, 0) is 73.2 Å². The van der Waals surface area contributed by atoms with Crippen molar-refractivity contribution in [3.63, 3.8) is 0 Å². The van der Waals surface area contributed by atoms with Gasteiger partial charge in [0.1, 0.15) is 78.4 Å². The summed E-state index contributed by atoms with van der Waals surface area (Å²) < 4.78 is 35.8. The highest BCUT2D eigenvalue weighted by Gasteiger charge is 2.59. The van der Waals surface area contributed by atoms with Crippen LogP contribution in [0.2, 0.25) is 0 Å². The van der Waals surface area contributed by atoms with Crippen LogP contribution in [0.3, 0.4) is 0 Å². The molecule has 2 aromatic carbocycles. The number of aromatic amines is 1. The van der Waals surface area contributed by atoms with Crippen molar-refractivity contribution in [2.75, 3.05) is 57.7 Å². The van der Waals surface area contributed by atoms with E-state index in [4.69, 9.17) is 33.8 Å². The molecule has 33 heteroatoms. The Morgan fingerprint density at radius 3 is 2.06 bits per heavy atom. The van der Waals surface area contributed by atoms with Crippen LogP contribution in [-0.4, -0.2) is 221 Å². The number of carboxylic acids is 1. The molecule has 0 saturated carbocycles. The number of rotatable bonds is 26. The van der Waals surface area contributed by atoms with E-state index in [0.717, 1.165) is 26.6 Å². The van der Waals surface area contributed by atoms with Crippen LogP contribution in [0.15, 0.2) is 70.4 Å². The van der Waals surface area contributed by atoms with E-state index < -0.39 is 163 Å². The van der Waals surface area contributed by atoms with E-state index in [1.54, 1.807) is 52.0 Å². The number of hydrogen-bond donors (Lipinski definition) is 15. The Labute approximate surface area is 497 Å². The van der Waals surface area contributed by atoms with Crippen molar-refractivity contribution < 1.29 is 87.5 Å². The minimum Gasteiger partial charge on any atom is -0.497 e. The SMILES string of the molecule is COc1ccc(NC(=O)NC[C@H]2O[C@H](OC(C3C(=O)N(c4ccc(OC)cc4)C(=O)N3CCCNC(=O)C(NC(=O)C(NC(=O)NC(C(=O)O)C(C)C)C3CCNC(=N)N3)C(O)C(C)C)[C@H]3O[C@@H](n4ccc(=O)[nH]c4=O)C(O)C3O)C(OC)C2O)cc1. The molecular formula is C54H75N13O20. The van der Waals surface area contributed by atoms with Gasteiger partial charge in [0, 0.05) is 51.2 Å². The van der Waals surface area contributed by atoms with Crippen molar-refractivity contribution in [3.8, 4) is 11.5 Å². The average molecular weight is 1230 g/mol. The Kier molecular flexibility index (Phi) is 22.3. The number of nitrogens with one attached hydrogen (secondary N) is 10. The molecule has 33 nitrogen and oxygen atoms in total. The third kappa shape index (κ3) is 15.6. The van der Waals surface area contributed by atoms with Gasteiger partial charge in [-0.15, -0.1) is 0 Å². The lowest BCUT2D eigenvalue weighted by atomic mass is 9.97. The van der Waals surface area contributed by atoms with Crippen molar-refractivity contribution in [1.29, 1.82) is 5.41 Å². The number of hydrogen-bond acceptors (Lipinski definition) is 20. The van der Waals surface area contributed by atoms with Gasteiger partial charge in [0.25, 0.3) is 11.5 Å². The molecule has 4 saturated heterocycles. The van der Waals surface area contributed by atoms with Crippen molar-refractivity contribution in [3.05, 3.63) is 81.6 Å². The molecule has 0 radical (unpaired) electrons. The predicted molar refractivity (Wildman–Crippen MR) is 303 cm³/mol. The minimum absolute atomic E-state index is 0.0157. The highest BCUT2D eigenvalue weighted by atomic mass is 16.7. The summed E-state index contributed by atoms with van der Waals surface area (Å²) in [6.45, 7) is 5.31. The van der Waals surface area contributed by atoms with Crippen molar-refractivity contribution >= 4 is 59.1 Å². The van der Waals surface area contributed by atoms with Crippen LogP contribution in [0, 0.1) is 17.2 Å². The Hall–Kier alpha value is -8.44. The molecule has 15 N–H and O–H groups in total. The van der Waals surface area contributed by atoms with Gasteiger partial charge in [0.05, 0.1) is 32.1 Å². The molecule has 7 rings (SSSR count). The number of H-pyrrole nitrogens is 1. The maximum atomic E-state index is 15.2. The van der Waals surface area contributed by atoms with E-state index in [-0.39, 0.29) is 44.1 Å². The monoisotopic (exact) mass is 1230 g/mol. The number of aliphatic hydroxyl groups is 4. The predicted octanol–water partition coefficient (Wildman–Crippen LogP) is -3.01. The number of amides is 9. The van der Waals surface area contributed by atoms with Gasteiger partial charge in [-0.25, -0.2) is 28.9 Å². The lowest BCUT2D eigenvalue weighted by Crippen LogP contribution is -2.67. The standard InChI is InChI=1S/C54H75N13O20/c1-24(2)33(48(76)77)63-52(79)64-34(30-17-20-57-50(55)60-30)45(74)62-35(37(69)25(3)4)44(73)56-19-8-21-65-36(46(75)67(54(65)81)27-11-15-29(83-6)16-12-27)41(42-39(71)40(72)47(86-42)66-22-18-32(68)61-53(66)80)87-49-43(84-7)38(70)31(85-49)23-58-51(78)59-26-9-13-28(82-5)14-10-26/h9-16,18,22,24-25,30-31,33-43,47,49,69-72H,8,17,19-21,23H2,1-7H3,(H,56,73)(H,62,74)(H,76,77)(H3,55,57,60)(H2,58,59,78)(H,61,68,80)(H2,63,64,79)/t30?,31-,33?,34?,35?,36?,37?,38?,39?,40?,41?,42+,43?,47-,49-/m1/s1. The van der Waals surface area contributed by atoms with Gasteiger partial charge >= 0.3 is 29.8 Å². The first-order valence-electron chi connectivity index (χ1n) is 27.8. The van der Waals surface area contributed by atoms with Crippen molar-refractivity contribution in [2.24, 2.45) is 11.8 Å². The number of carbonyl (C=O) groups is 7. The normalized spacial score (nSPS) is 25.4. The zero-order valence-corrected chi connectivity index (χ0v) is 48.5. The molecule has 87 heavy (non-hydrogen) atoms. The van der Waals surface area contributed by atoms with E-state index >= 15 is 4.79 Å². The van der Waals surface area contributed by atoms with E-state index in [1.807, 2.05) is 4.98 Å². The molecule has 1 aromatic heterocycles. The molecule has 4 aliphatic rings. The van der Waals surface area contributed by atoms with Crippen molar-refractivity contribution in [2.45, 2.75) is 132 Å². The van der Waals surface area contributed by atoms with Crippen LogP contribution in [0.1, 0.15) is 46.8 Å². The second-order valence-corrected chi connectivity index (χ2v) is 21.5. The summed E-state index contributed by atoms with van der Waals surface area (Å²) in [4.78, 5) is 126. The van der Waals surface area contributed by atoms with Gasteiger partial charge in [0.2, 0.25) is 11.8 Å². The summed E-state index contributed by atoms with van der Waals surface area (Å²) in [6.07, 6.45) is -16.2. The zero-order chi connectivity index (χ0) is 63.6. The molecule has 11 unspecified atom stereocenters. The Morgan fingerprint density at radius 2 is 1.46 bits per heavy atom. The number of aliphatic carboxylic acids is 1. The molecule has 15 atom stereocenters. The van der Waals surface area contributed by atoms with Crippen LogP contribution < -0.4 is 68.2 Å². The lowest BCUT2D eigenvalue weighted by molar-refractivity contribution is -0.232. The second kappa shape index (κ2) is 29.3. The van der Waals surface area contributed by atoms with Gasteiger partial charge in [0.15, 0.2) is 18.5 Å². The number of aromatic nitrogens is 2. The molecule has 0 aliphatic carbocycles. The smallest absolute Gasteiger partial charge is 0.332 e. The molecule has 4 fully saturated rings.